The molecular weight excluding hydrogens is 382 g/mol. The van der Waals surface area contributed by atoms with Crippen molar-refractivity contribution in [3.63, 3.8) is 0 Å². The number of halogens is 1. The van der Waals surface area contributed by atoms with E-state index in [2.05, 4.69) is 12.2 Å². The number of hydrogen-bond donors (Lipinski definition) is 1. The average Bonchev–Trinajstić information content (AvgIpc) is 2.68. The van der Waals surface area contributed by atoms with Crippen molar-refractivity contribution in [2.45, 2.75) is 32.8 Å². The molecule has 0 fully saturated rings. The van der Waals surface area contributed by atoms with Gasteiger partial charge in [0.05, 0.1) is 11.4 Å². The van der Waals surface area contributed by atoms with Crippen LogP contribution in [-0.4, -0.2) is 31.2 Å². The normalized spacial score (nSPS) is 13.5. The molecule has 0 saturated carbocycles. The molecule has 0 aromatic heterocycles. The van der Waals surface area contributed by atoms with E-state index in [9.17, 15) is 9.59 Å². The van der Waals surface area contributed by atoms with Crippen LogP contribution < -0.4 is 14.8 Å². The summed E-state index contributed by atoms with van der Waals surface area (Å²) in [6.07, 6.45) is -0.0308. The van der Waals surface area contributed by atoms with Crippen molar-refractivity contribution in [2.24, 2.45) is 0 Å². The number of rotatable bonds is 6. The minimum atomic E-state index is -0.925. The third kappa shape index (κ3) is 4.95. The van der Waals surface area contributed by atoms with E-state index >= 15 is 0 Å². The molecule has 6 nitrogen and oxygen atoms in total. The standard InChI is InChI=1S/C21H22ClNO5/c1-3-14-4-6-16(7-5-14)23-21(25)13(2)28-19(24)12-15-10-17(22)20-18(11-15)26-8-9-27-20/h4-7,10-11,13H,3,8-9,12H2,1-2H3,(H,23,25). The summed E-state index contributed by atoms with van der Waals surface area (Å²) in [4.78, 5) is 24.5. The number of anilines is 1. The number of fused-ring (bicyclic) bond motifs is 1. The van der Waals surface area contributed by atoms with Crippen molar-refractivity contribution in [1.29, 1.82) is 0 Å². The number of benzene rings is 2. The Hall–Kier alpha value is -2.73. The Morgan fingerprint density at radius 1 is 1.14 bits per heavy atom. The van der Waals surface area contributed by atoms with Gasteiger partial charge in [0.15, 0.2) is 17.6 Å². The van der Waals surface area contributed by atoms with Gasteiger partial charge in [-0.1, -0.05) is 30.7 Å². The summed E-state index contributed by atoms with van der Waals surface area (Å²) >= 11 is 6.18. The molecule has 28 heavy (non-hydrogen) atoms. The van der Waals surface area contributed by atoms with Gasteiger partial charge < -0.3 is 19.5 Å². The number of ether oxygens (including phenoxy) is 3. The van der Waals surface area contributed by atoms with Crippen LogP contribution in [0.3, 0.4) is 0 Å². The van der Waals surface area contributed by atoms with Gasteiger partial charge in [0.1, 0.15) is 13.2 Å². The lowest BCUT2D eigenvalue weighted by atomic mass is 10.1. The maximum absolute atomic E-state index is 12.3. The molecule has 1 N–H and O–H groups in total. The molecule has 2 aromatic rings. The van der Waals surface area contributed by atoms with Crippen molar-refractivity contribution in [1.82, 2.24) is 0 Å². The first kappa shape index (κ1) is 20.0. The van der Waals surface area contributed by atoms with Gasteiger partial charge in [0.25, 0.3) is 5.91 Å². The molecule has 0 aliphatic carbocycles. The first-order valence-corrected chi connectivity index (χ1v) is 9.51. The zero-order chi connectivity index (χ0) is 20.1. The number of carbonyl (C=O) groups is 2. The molecule has 1 atom stereocenters. The van der Waals surface area contributed by atoms with E-state index in [-0.39, 0.29) is 6.42 Å². The van der Waals surface area contributed by atoms with Crippen molar-refractivity contribution < 1.29 is 23.8 Å². The minimum Gasteiger partial charge on any atom is -0.486 e. The van der Waals surface area contributed by atoms with Crippen LogP contribution in [0.2, 0.25) is 5.02 Å². The van der Waals surface area contributed by atoms with Crippen LogP contribution >= 0.6 is 11.6 Å². The first-order chi connectivity index (χ1) is 13.5. The van der Waals surface area contributed by atoms with Gasteiger partial charge in [0.2, 0.25) is 0 Å². The lowest BCUT2D eigenvalue weighted by Gasteiger charge is -2.20. The van der Waals surface area contributed by atoms with Crippen LogP contribution in [0.25, 0.3) is 0 Å². The third-order valence-corrected chi connectivity index (χ3v) is 4.59. The van der Waals surface area contributed by atoms with Gasteiger partial charge in [-0.05, 0) is 48.7 Å². The van der Waals surface area contributed by atoms with Gasteiger partial charge in [-0.25, -0.2) is 0 Å². The van der Waals surface area contributed by atoms with Crippen LogP contribution in [0.4, 0.5) is 5.69 Å². The van der Waals surface area contributed by atoms with E-state index < -0.39 is 18.0 Å². The highest BCUT2D eigenvalue weighted by molar-refractivity contribution is 6.32. The topological polar surface area (TPSA) is 73.9 Å². The molecule has 3 rings (SSSR count). The highest BCUT2D eigenvalue weighted by atomic mass is 35.5. The molecule has 1 heterocycles. The van der Waals surface area contributed by atoms with Crippen molar-refractivity contribution >= 4 is 29.2 Å². The van der Waals surface area contributed by atoms with E-state index in [0.717, 1.165) is 6.42 Å². The molecule has 1 unspecified atom stereocenters. The predicted octanol–water partition coefficient (Wildman–Crippen LogP) is 3.79. The fraction of sp³-hybridized carbons (Fsp3) is 0.333. The summed E-state index contributed by atoms with van der Waals surface area (Å²) in [7, 11) is 0. The molecule has 0 radical (unpaired) electrons. The summed E-state index contributed by atoms with van der Waals surface area (Å²) in [6, 6.07) is 10.9. The Morgan fingerprint density at radius 3 is 2.57 bits per heavy atom. The molecule has 0 spiro atoms. The molecule has 1 aliphatic heterocycles. The van der Waals surface area contributed by atoms with Crippen LogP contribution in [-0.2, 0) is 27.2 Å². The van der Waals surface area contributed by atoms with E-state index in [1.165, 1.54) is 12.5 Å². The SMILES string of the molecule is CCc1ccc(NC(=O)C(C)OC(=O)Cc2cc(Cl)c3c(c2)OCCO3)cc1. The second-order valence-corrected chi connectivity index (χ2v) is 6.86. The van der Waals surface area contributed by atoms with Gasteiger partial charge in [-0.15, -0.1) is 0 Å². The first-order valence-electron chi connectivity index (χ1n) is 9.13. The summed E-state index contributed by atoms with van der Waals surface area (Å²) in [5.74, 6) is 0.0595. The van der Waals surface area contributed by atoms with E-state index in [1.54, 1.807) is 12.1 Å². The Kier molecular flexibility index (Phi) is 6.41. The summed E-state index contributed by atoms with van der Waals surface area (Å²) < 4.78 is 16.2. The monoisotopic (exact) mass is 403 g/mol. The number of aryl methyl sites for hydroxylation is 1. The van der Waals surface area contributed by atoms with Gasteiger partial charge in [-0.2, -0.15) is 0 Å². The zero-order valence-corrected chi connectivity index (χ0v) is 16.5. The number of hydrogen-bond acceptors (Lipinski definition) is 5. The van der Waals surface area contributed by atoms with Gasteiger partial charge >= 0.3 is 5.97 Å². The molecule has 0 bridgehead atoms. The van der Waals surface area contributed by atoms with Crippen LogP contribution in [0, 0.1) is 0 Å². The molecule has 148 valence electrons. The Morgan fingerprint density at radius 2 is 1.86 bits per heavy atom. The van der Waals surface area contributed by atoms with Crippen LogP contribution in [0.15, 0.2) is 36.4 Å². The number of esters is 1. The molecule has 1 aliphatic rings. The summed E-state index contributed by atoms with van der Waals surface area (Å²) in [5.41, 5.74) is 2.46. The number of carbonyl (C=O) groups excluding carboxylic acids is 2. The highest BCUT2D eigenvalue weighted by Gasteiger charge is 2.21. The van der Waals surface area contributed by atoms with E-state index in [4.69, 9.17) is 25.8 Å². The Balaban J connectivity index is 1.56. The lowest BCUT2D eigenvalue weighted by molar-refractivity contribution is -0.152. The maximum Gasteiger partial charge on any atom is 0.311 e. The number of nitrogens with one attached hydrogen (secondary N) is 1. The average molecular weight is 404 g/mol. The Labute approximate surface area is 168 Å². The highest BCUT2D eigenvalue weighted by Crippen LogP contribution is 2.38. The van der Waals surface area contributed by atoms with Gasteiger partial charge in [-0.3, -0.25) is 9.59 Å². The van der Waals surface area contributed by atoms with Crippen molar-refractivity contribution in [3.05, 3.63) is 52.5 Å². The molecular formula is C21H22ClNO5. The Bertz CT molecular complexity index is 866. The predicted molar refractivity (Wildman–Crippen MR) is 106 cm³/mol. The van der Waals surface area contributed by atoms with Crippen molar-refractivity contribution in [2.75, 3.05) is 18.5 Å². The van der Waals surface area contributed by atoms with Crippen molar-refractivity contribution in [3.8, 4) is 11.5 Å². The lowest BCUT2D eigenvalue weighted by Crippen LogP contribution is -2.30. The van der Waals surface area contributed by atoms with E-state index in [0.29, 0.717) is 41.0 Å². The summed E-state index contributed by atoms with van der Waals surface area (Å²) in [5, 5.41) is 3.11. The fourth-order valence-electron chi connectivity index (χ4n) is 2.79. The second kappa shape index (κ2) is 8.97. The van der Waals surface area contributed by atoms with Gasteiger partial charge in [0, 0.05) is 5.69 Å². The van der Waals surface area contributed by atoms with Crippen LogP contribution in [0.1, 0.15) is 25.0 Å². The molecule has 7 heteroatoms. The number of amides is 1. The molecule has 2 aromatic carbocycles. The quantitative estimate of drug-likeness (QED) is 0.743. The maximum atomic E-state index is 12.3. The minimum absolute atomic E-state index is 0.0286. The third-order valence-electron chi connectivity index (χ3n) is 4.31. The smallest absolute Gasteiger partial charge is 0.311 e. The van der Waals surface area contributed by atoms with Crippen LogP contribution in [0.5, 0.6) is 11.5 Å². The van der Waals surface area contributed by atoms with E-state index in [1.807, 2.05) is 24.3 Å². The second-order valence-electron chi connectivity index (χ2n) is 6.45. The summed E-state index contributed by atoms with van der Waals surface area (Å²) in [6.45, 7) is 4.45. The largest absolute Gasteiger partial charge is 0.486 e. The molecule has 0 saturated heterocycles. The fourth-order valence-corrected chi connectivity index (χ4v) is 3.08. The molecule has 1 amide bonds. The zero-order valence-electron chi connectivity index (χ0n) is 15.8.